The second-order valence-corrected chi connectivity index (χ2v) is 3.89. The summed E-state index contributed by atoms with van der Waals surface area (Å²) in [6.45, 7) is 2.34. The maximum atomic E-state index is 5.47. The molecule has 0 radical (unpaired) electrons. The highest BCUT2D eigenvalue weighted by Gasteiger charge is 2.47. The van der Waals surface area contributed by atoms with Crippen molar-refractivity contribution < 1.29 is 0 Å². The molecule has 11 heavy (non-hydrogen) atoms. The van der Waals surface area contributed by atoms with Crippen LogP contribution < -0.4 is 0 Å². The van der Waals surface area contributed by atoms with Crippen LogP contribution in [-0.4, -0.2) is 23.5 Å². The molecule has 0 aromatic carbocycles. The van der Waals surface area contributed by atoms with Crippen molar-refractivity contribution in [3.8, 4) is 0 Å². The van der Waals surface area contributed by atoms with Gasteiger partial charge in [0.15, 0.2) is 0 Å². The van der Waals surface area contributed by atoms with Crippen molar-refractivity contribution in [2.45, 2.75) is 31.2 Å². The Morgan fingerprint density at radius 2 is 2.18 bits per heavy atom. The van der Waals surface area contributed by atoms with Crippen LogP contribution in [0.1, 0.15) is 25.7 Å². The van der Waals surface area contributed by atoms with Crippen molar-refractivity contribution in [2.75, 3.05) is 13.1 Å². The molecule has 2 fully saturated rings. The highest BCUT2D eigenvalue weighted by atomic mass is 35.5. The van der Waals surface area contributed by atoms with Gasteiger partial charge in [0.05, 0.1) is 0 Å². The number of rotatable bonds is 2. The topological polar surface area (TPSA) is 3.24 Å². The fraction of sp³-hybridized carbons (Fsp3) is 0.778. The van der Waals surface area contributed by atoms with Gasteiger partial charge in [-0.1, -0.05) is 17.7 Å². The predicted octanol–water partition coefficient (Wildman–Crippen LogP) is 2.37. The summed E-state index contributed by atoms with van der Waals surface area (Å²) in [6, 6.07) is 0. The van der Waals surface area contributed by atoms with E-state index in [1.54, 1.807) is 5.54 Å². The molecule has 2 aliphatic rings. The number of hydrogen-bond donors (Lipinski definition) is 0. The Bertz CT molecular complexity index is 167. The lowest BCUT2D eigenvalue weighted by Gasteiger charge is -2.58. The third-order valence-electron chi connectivity index (χ3n) is 3.22. The molecule has 62 valence electrons. The normalized spacial score (nSPS) is 28.8. The van der Waals surface area contributed by atoms with Gasteiger partial charge >= 0.3 is 0 Å². The van der Waals surface area contributed by atoms with Crippen molar-refractivity contribution in [3.63, 3.8) is 0 Å². The Morgan fingerprint density at radius 3 is 2.55 bits per heavy atom. The van der Waals surface area contributed by atoms with Gasteiger partial charge in [-0.15, -0.1) is 0 Å². The second-order valence-electron chi connectivity index (χ2n) is 3.64. The third-order valence-corrected chi connectivity index (χ3v) is 3.40. The van der Waals surface area contributed by atoms with Gasteiger partial charge < -0.3 is 0 Å². The van der Waals surface area contributed by atoms with Crippen molar-refractivity contribution >= 4 is 11.6 Å². The van der Waals surface area contributed by atoms with Crippen molar-refractivity contribution in [1.29, 1.82) is 0 Å². The van der Waals surface area contributed by atoms with Gasteiger partial charge in [0.1, 0.15) is 0 Å². The van der Waals surface area contributed by atoms with Crippen LogP contribution in [0.3, 0.4) is 0 Å². The zero-order chi connectivity index (χ0) is 7.73. The Labute approximate surface area is 73.0 Å². The van der Waals surface area contributed by atoms with Crippen molar-refractivity contribution in [1.82, 2.24) is 4.90 Å². The van der Waals surface area contributed by atoms with E-state index in [9.17, 15) is 0 Å². The van der Waals surface area contributed by atoms with Gasteiger partial charge in [0, 0.05) is 24.2 Å². The Kier molecular flexibility index (Phi) is 1.94. The van der Waals surface area contributed by atoms with E-state index in [1.165, 1.54) is 32.2 Å². The van der Waals surface area contributed by atoms with E-state index in [0.717, 1.165) is 6.54 Å². The SMILES string of the molecule is Cl/C=C/CN1CCC12CCC2. The molecule has 2 heteroatoms. The first-order valence-electron chi connectivity index (χ1n) is 4.38. The molecule has 1 saturated heterocycles. The van der Waals surface area contributed by atoms with Crippen molar-refractivity contribution in [3.05, 3.63) is 11.6 Å². The van der Waals surface area contributed by atoms with Crippen LogP contribution in [0.5, 0.6) is 0 Å². The van der Waals surface area contributed by atoms with E-state index in [-0.39, 0.29) is 0 Å². The Balaban J connectivity index is 1.85. The first-order valence-corrected chi connectivity index (χ1v) is 4.81. The van der Waals surface area contributed by atoms with Gasteiger partial charge in [-0.2, -0.15) is 0 Å². The van der Waals surface area contributed by atoms with Crippen molar-refractivity contribution in [2.24, 2.45) is 0 Å². The summed E-state index contributed by atoms with van der Waals surface area (Å²) in [5, 5.41) is 0. The van der Waals surface area contributed by atoms with Crippen LogP contribution in [0.25, 0.3) is 0 Å². The standard InChI is InChI=1S/C9H14ClN/c10-6-2-7-11-8-5-9(11)3-1-4-9/h2,6H,1,3-5,7-8H2/b6-2+. The van der Waals surface area contributed by atoms with E-state index in [0.29, 0.717) is 5.54 Å². The van der Waals surface area contributed by atoms with Gasteiger partial charge in [0.2, 0.25) is 0 Å². The van der Waals surface area contributed by atoms with Gasteiger partial charge in [0.25, 0.3) is 0 Å². The third kappa shape index (κ3) is 1.11. The lowest BCUT2D eigenvalue weighted by atomic mass is 9.68. The first-order chi connectivity index (χ1) is 5.37. The molecular weight excluding hydrogens is 158 g/mol. The number of halogens is 1. The molecule has 0 atom stereocenters. The molecule has 1 saturated carbocycles. The second kappa shape index (κ2) is 2.80. The molecule has 0 bridgehead atoms. The molecular formula is C9H14ClN. The molecule has 0 N–H and O–H groups in total. The molecule has 2 rings (SSSR count). The molecule has 0 amide bonds. The summed E-state index contributed by atoms with van der Waals surface area (Å²) in [5.41, 5.74) is 2.26. The van der Waals surface area contributed by atoms with E-state index >= 15 is 0 Å². The number of nitrogens with zero attached hydrogens (tertiary/aromatic N) is 1. The molecule has 0 aromatic heterocycles. The fourth-order valence-corrected chi connectivity index (χ4v) is 2.27. The minimum Gasteiger partial charge on any atom is -0.294 e. The average Bonchev–Trinajstić information content (AvgIpc) is 1.83. The fourth-order valence-electron chi connectivity index (χ4n) is 2.19. The Hall–Kier alpha value is -0.0100. The zero-order valence-corrected chi connectivity index (χ0v) is 7.48. The predicted molar refractivity (Wildman–Crippen MR) is 47.8 cm³/mol. The number of likely N-dealkylation sites (tertiary alicyclic amines) is 1. The minimum atomic E-state index is 0.635. The quantitative estimate of drug-likeness (QED) is 0.617. The molecule has 1 spiro atoms. The maximum absolute atomic E-state index is 5.47. The zero-order valence-electron chi connectivity index (χ0n) is 6.72. The van der Waals surface area contributed by atoms with Crippen LogP contribution in [-0.2, 0) is 0 Å². The number of hydrogen-bond acceptors (Lipinski definition) is 1. The molecule has 1 aliphatic carbocycles. The van der Waals surface area contributed by atoms with E-state index < -0.39 is 0 Å². The van der Waals surface area contributed by atoms with Gasteiger partial charge in [-0.05, 0) is 25.7 Å². The highest BCUT2D eigenvalue weighted by Crippen LogP contribution is 2.46. The molecule has 0 unspecified atom stereocenters. The van der Waals surface area contributed by atoms with E-state index in [1.807, 2.05) is 6.08 Å². The van der Waals surface area contributed by atoms with E-state index in [4.69, 9.17) is 11.6 Å². The summed E-state index contributed by atoms with van der Waals surface area (Å²) in [7, 11) is 0. The smallest absolute Gasteiger partial charge is 0.0225 e. The molecule has 0 aromatic rings. The maximum Gasteiger partial charge on any atom is 0.0225 e. The molecule has 1 nitrogen and oxygen atoms in total. The van der Waals surface area contributed by atoms with Crippen LogP contribution in [0, 0.1) is 0 Å². The monoisotopic (exact) mass is 171 g/mol. The van der Waals surface area contributed by atoms with Crippen LogP contribution >= 0.6 is 11.6 Å². The first kappa shape index (κ1) is 7.63. The summed E-state index contributed by atoms with van der Waals surface area (Å²) >= 11 is 5.47. The molecule has 1 heterocycles. The summed E-state index contributed by atoms with van der Waals surface area (Å²) in [6.07, 6.45) is 7.73. The van der Waals surface area contributed by atoms with Crippen LogP contribution in [0.4, 0.5) is 0 Å². The summed E-state index contributed by atoms with van der Waals surface area (Å²) < 4.78 is 0. The average molecular weight is 172 g/mol. The van der Waals surface area contributed by atoms with E-state index in [2.05, 4.69) is 4.90 Å². The van der Waals surface area contributed by atoms with Crippen LogP contribution in [0.15, 0.2) is 11.6 Å². The largest absolute Gasteiger partial charge is 0.294 e. The summed E-state index contributed by atoms with van der Waals surface area (Å²) in [5.74, 6) is 0. The van der Waals surface area contributed by atoms with Gasteiger partial charge in [-0.25, -0.2) is 0 Å². The highest BCUT2D eigenvalue weighted by molar-refractivity contribution is 6.25. The van der Waals surface area contributed by atoms with Gasteiger partial charge in [-0.3, -0.25) is 4.90 Å². The lowest BCUT2D eigenvalue weighted by Crippen LogP contribution is -2.63. The Morgan fingerprint density at radius 1 is 1.36 bits per heavy atom. The minimum absolute atomic E-state index is 0.635. The summed E-state index contributed by atoms with van der Waals surface area (Å²) in [4.78, 5) is 2.55. The lowest BCUT2D eigenvalue weighted by molar-refractivity contribution is -0.0639. The molecule has 1 aliphatic heterocycles. The van der Waals surface area contributed by atoms with Crippen LogP contribution in [0.2, 0.25) is 0 Å².